The Morgan fingerprint density at radius 1 is 1.14 bits per heavy atom. The zero-order chi connectivity index (χ0) is 27.6. The molecule has 2 rings (SSSR count). The third-order valence-corrected chi connectivity index (χ3v) is 5.10. The van der Waals surface area contributed by atoms with Crippen LogP contribution in [0.2, 0.25) is 0 Å². The van der Waals surface area contributed by atoms with Gasteiger partial charge in [-0.1, -0.05) is 32.6 Å². The van der Waals surface area contributed by atoms with Crippen molar-refractivity contribution in [1.82, 2.24) is 20.3 Å². The molecule has 0 unspecified atom stereocenters. The summed E-state index contributed by atoms with van der Waals surface area (Å²) < 4.78 is 9.21. The number of esters is 2. The van der Waals surface area contributed by atoms with Crippen LogP contribution in [0, 0.1) is 17.3 Å². The largest absolute Gasteiger partial charge is 0.469 e. The number of pyridine rings is 1. The van der Waals surface area contributed by atoms with Gasteiger partial charge in [0.15, 0.2) is 5.65 Å². The molecule has 2 aromatic rings. The van der Waals surface area contributed by atoms with Crippen LogP contribution in [0.15, 0.2) is 17.1 Å². The monoisotopic (exact) mass is 513 g/mol. The van der Waals surface area contributed by atoms with Crippen LogP contribution in [0.5, 0.6) is 0 Å². The molecule has 12 nitrogen and oxygen atoms in total. The molecule has 0 aromatic carbocycles. The van der Waals surface area contributed by atoms with Crippen LogP contribution < -0.4 is 16.2 Å². The van der Waals surface area contributed by atoms with Gasteiger partial charge in [0, 0.05) is 36.4 Å². The van der Waals surface area contributed by atoms with Gasteiger partial charge in [0.1, 0.15) is 6.04 Å². The molecule has 0 fully saturated rings. The summed E-state index contributed by atoms with van der Waals surface area (Å²) in [7, 11) is 2.44. The maximum absolute atomic E-state index is 12.5. The lowest BCUT2D eigenvalue weighted by molar-refractivity contribution is -0.146. The summed E-state index contributed by atoms with van der Waals surface area (Å²) >= 11 is 0. The number of ether oxygens (including phenoxy) is 2. The molecule has 2 amide bonds. The predicted molar refractivity (Wildman–Crippen MR) is 134 cm³/mol. The van der Waals surface area contributed by atoms with E-state index in [2.05, 4.69) is 46.9 Å². The van der Waals surface area contributed by atoms with E-state index in [1.165, 1.54) is 20.4 Å². The molecule has 0 bridgehead atoms. The molecule has 198 valence electrons. The van der Waals surface area contributed by atoms with E-state index in [1.807, 2.05) is 0 Å². The van der Waals surface area contributed by atoms with Gasteiger partial charge in [-0.25, -0.2) is 9.78 Å². The van der Waals surface area contributed by atoms with E-state index in [4.69, 9.17) is 0 Å². The highest BCUT2D eigenvalue weighted by atomic mass is 16.5. The number of carbonyl (C=O) groups is 4. The first-order valence-corrected chi connectivity index (χ1v) is 11.6. The number of aromatic nitrogens is 3. The first kappa shape index (κ1) is 29.0. The van der Waals surface area contributed by atoms with E-state index in [0.29, 0.717) is 18.4 Å². The molecular weight excluding hydrogens is 482 g/mol. The molecule has 0 aliphatic rings. The number of hydrogen-bond acceptors (Lipinski definition) is 9. The van der Waals surface area contributed by atoms with Gasteiger partial charge < -0.3 is 14.8 Å². The van der Waals surface area contributed by atoms with Gasteiger partial charge in [0.05, 0.1) is 19.6 Å². The van der Waals surface area contributed by atoms with E-state index >= 15 is 0 Å². The van der Waals surface area contributed by atoms with Gasteiger partial charge in [0.2, 0.25) is 17.8 Å². The van der Waals surface area contributed by atoms with E-state index in [9.17, 15) is 24.0 Å². The van der Waals surface area contributed by atoms with Crippen molar-refractivity contribution in [2.24, 2.45) is 5.41 Å². The van der Waals surface area contributed by atoms with Gasteiger partial charge >= 0.3 is 11.9 Å². The fourth-order valence-corrected chi connectivity index (χ4v) is 2.97. The number of rotatable bonds is 9. The highest BCUT2D eigenvalue weighted by molar-refractivity contribution is 5.93. The van der Waals surface area contributed by atoms with Crippen LogP contribution in [0.4, 0.5) is 5.95 Å². The number of H-pyrrole nitrogens is 1. The number of unbranched alkanes of at least 4 members (excludes halogenated alkanes) is 1. The van der Waals surface area contributed by atoms with Crippen molar-refractivity contribution in [1.29, 1.82) is 0 Å². The first-order chi connectivity index (χ1) is 17.4. The molecule has 0 aliphatic heterocycles. The van der Waals surface area contributed by atoms with Crippen molar-refractivity contribution in [3.63, 3.8) is 0 Å². The van der Waals surface area contributed by atoms with Gasteiger partial charge in [0.25, 0.3) is 5.56 Å². The van der Waals surface area contributed by atoms with Crippen LogP contribution in [0.25, 0.3) is 11.0 Å². The molecule has 2 aromatic heterocycles. The average Bonchev–Trinajstić information content (AvgIpc) is 2.85. The summed E-state index contributed by atoms with van der Waals surface area (Å²) in [5.74, 6) is 4.02. The van der Waals surface area contributed by atoms with E-state index in [-0.39, 0.29) is 48.1 Å². The van der Waals surface area contributed by atoms with Crippen LogP contribution >= 0.6 is 0 Å². The third kappa shape index (κ3) is 9.03. The lowest BCUT2D eigenvalue weighted by Gasteiger charge is -2.16. The summed E-state index contributed by atoms with van der Waals surface area (Å²) in [5, 5.41) is 5.35. The molecule has 37 heavy (non-hydrogen) atoms. The highest BCUT2D eigenvalue weighted by Gasteiger charge is 2.23. The van der Waals surface area contributed by atoms with Gasteiger partial charge in [-0.2, -0.15) is 4.98 Å². The van der Waals surface area contributed by atoms with Crippen LogP contribution in [-0.4, -0.2) is 59.0 Å². The van der Waals surface area contributed by atoms with E-state index < -0.39 is 29.0 Å². The molecule has 2 heterocycles. The molecule has 0 spiro atoms. The van der Waals surface area contributed by atoms with E-state index in [0.717, 1.165) is 0 Å². The Kier molecular flexibility index (Phi) is 10.3. The maximum Gasteiger partial charge on any atom is 0.328 e. The highest BCUT2D eigenvalue weighted by Crippen LogP contribution is 2.16. The van der Waals surface area contributed by atoms with Crippen molar-refractivity contribution < 1.29 is 28.7 Å². The molecule has 0 saturated carbocycles. The maximum atomic E-state index is 12.5. The quantitative estimate of drug-likeness (QED) is 0.255. The minimum absolute atomic E-state index is 0.0155. The Morgan fingerprint density at radius 2 is 1.86 bits per heavy atom. The molecule has 0 saturated heterocycles. The smallest absolute Gasteiger partial charge is 0.328 e. The summed E-state index contributed by atoms with van der Waals surface area (Å²) in [6.07, 6.45) is 2.41. The molecular formula is C25H31N5O7. The van der Waals surface area contributed by atoms with Crippen molar-refractivity contribution in [2.45, 2.75) is 58.9 Å². The number of nitrogens with one attached hydrogen (secondary N) is 3. The van der Waals surface area contributed by atoms with Crippen molar-refractivity contribution in [3.8, 4) is 11.8 Å². The van der Waals surface area contributed by atoms with Gasteiger partial charge in [-0.3, -0.25) is 29.5 Å². The molecule has 1 atom stereocenters. The van der Waals surface area contributed by atoms with Crippen molar-refractivity contribution in [3.05, 3.63) is 28.2 Å². The zero-order valence-corrected chi connectivity index (χ0v) is 21.5. The Hall–Kier alpha value is -4.27. The normalized spacial score (nSPS) is 11.6. The fraction of sp³-hybridized carbons (Fsp3) is 0.480. The molecule has 0 radical (unpaired) electrons. The summed E-state index contributed by atoms with van der Waals surface area (Å²) in [5.41, 5.74) is -0.463. The number of aromatic amines is 1. The first-order valence-electron chi connectivity index (χ1n) is 11.6. The summed E-state index contributed by atoms with van der Waals surface area (Å²) in [6, 6.07) is 0.603. The molecule has 0 aliphatic carbocycles. The van der Waals surface area contributed by atoms with Crippen molar-refractivity contribution >= 4 is 40.7 Å². The summed E-state index contributed by atoms with van der Waals surface area (Å²) in [6.45, 7) is 5.22. The second kappa shape index (κ2) is 13.2. The second-order valence-corrected chi connectivity index (χ2v) is 9.13. The number of hydrogen-bond donors (Lipinski definition) is 3. The van der Waals surface area contributed by atoms with Crippen LogP contribution in [0.3, 0.4) is 0 Å². The number of anilines is 1. The number of carbonyl (C=O) groups excluding carboxylic acids is 4. The Bertz CT molecular complexity index is 1280. The Balaban J connectivity index is 1.94. The SMILES string of the molecule is COC(=O)CC[C@@H](NC(=O)CCCC#Cc1cnc2nc(NC(=O)C(C)(C)C)[nH]c(=O)c2c1)C(=O)OC. The number of nitrogens with zero attached hydrogens (tertiary/aromatic N) is 2. The Labute approximate surface area is 213 Å². The number of methoxy groups -OCH3 is 2. The zero-order valence-electron chi connectivity index (χ0n) is 21.5. The van der Waals surface area contributed by atoms with Gasteiger partial charge in [-0.15, -0.1) is 0 Å². The van der Waals surface area contributed by atoms with Crippen molar-refractivity contribution in [2.75, 3.05) is 19.5 Å². The van der Waals surface area contributed by atoms with Crippen LogP contribution in [-0.2, 0) is 28.7 Å². The minimum atomic E-state index is -0.944. The lowest BCUT2D eigenvalue weighted by atomic mass is 9.96. The lowest BCUT2D eigenvalue weighted by Crippen LogP contribution is -2.41. The van der Waals surface area contributed by atoms with E-state index in [1.54, 1.807) is 26.8 Å². The average molecular weight is 514 g/mol. The second-order valence-electron chi connectivity index (χ2n) is 9.13. The Morgan fingerprint density at radius 3 is 2.51 bits per heavy atom. The topological polar surface area (TPSA) is 169 Å². The third-order valence-electron chi connectivity index (χ3n) is 5.10. The van der Waals surface area contributed by atoms with Gasteiger partial charge in [-0.05, 0) is 18.9 Å². The molecule has 3 N–H and O–H groups in total. The number of amides is 2. The molecule has 12 heteroatoms. The summed E-state index contributed by atoms with van der Waals surface area (Å²) in [4.78, 5) is 70.8. The van der Waals surface area contributed by atoms with Crippen LogP contribution in [0.1, 0.15) is 58.4 Å². The standard InChI is InChI=1S/C25H31N5O7/c1-25(2,3)23(35)30-24-28-20-16(21(33)29-24)13-15(14-26-20)9-7-6-8-10-18(31)27-17(22(34)37-5)11-12-19(32)36-4/h13-14,17H,6,8,10-12H2,1-5H3,(H,27,31)(H2,26,28,29,30,33,35)/t17-/m1/s1. The number of fused-ring (bicyclic) bond motifs is 1. The predicted octanol–water partition coefficient (Wildman–Crippen LogP) is 1.44. The fourth-order valence-electron chi connectivity index (χ4n) is 2.97. The minimum Gasteiger partial charge on any atom is -0.469 e.